The Bertz CT molecular complexity index is 453. The van der Waals surface area contributed by atoms with Gasteiger partial charge < -0.3 is 14.2 Å². The first-order chi connectivity index (χ1) is 8.65. The maximum Gasteiger partial charge on any atom is 0.296 e. The molecule has 2 heterocycles. The van der Waals surface area contributed by atoms with Crippen LogP contribution in [0, 0.1) is 0 Å². The van der Waals surface area contributed by atoms with Crippen molar-refractivity contribution in [2.45, 2.75) is 19.4 Å². The van der Waals surface area contributed by atoms with Crippen LogP contribution < -0.4 is 0 Å². The van der Waals surface area contributed by atoms with Gasteiger partial charge in [-0.1, -0.05) is 6.92 Å². The molecule has 1 amide bonds. The average Bonchev–Trinajstić information content (AvgIpc) is 2.83. The molecule has 2 rings (SSSR count). The van der Waals surface area contributed by atoms with Crippen LogP contribution in [0.4, 0.5) is 0 Å². The van der Waals surface area contributed by atoms with Gasteiger partial charge in [-0.05, 0) is 18.6 Å². The van der Waals surface area contributed by atoms with Gasteiger partial charge in [0.15, 0.2) is 0 Å². The predicted octanol–water partition coefficient (Wildman–Crippen LogP) is 0.845. The van der Waals surface area contributed by atoms with Crippen LogP contribution in [-0.2, 0) is 16.6 Å². The molecule has 0 aliphatic carbocycles. The zero-order valence-corrected chi connectivity index (χ0v) is 10.8. The Morgan fingerprint density at radius 2 is 2.28 bits per heavy atom. The van der Waals surface area contributed by atoms with Gasteiger partial charge in [-0.15, -0.1) is 0 Å². The summed E-state index contributed by atoms with van der Waals surface area (Å²) in [5.74, 6) is -0.866. The number of aromatic nitrogens is 1. The molecule has 1 aliphatic rings. The molecule has 1 aliphatic heterocycles. The van der Waals surface area contributed by atoms with E-state index in [9.17, 15) is 9.59 Å². The first-order valence-electron chi connectivity index (χ1n) is 6.19. The molecule has 0 N–H and O–H groups in total. The van der Waals surface area contributed by atoms with Gasteiger partial charge in [0, 0.05) is 19.8 Å². The SMILES string of the molecule is CC[C@H]1COCCN1C(=O)C(=O)c1cccn1C. The number of ketones is 1. The summed E-state index contributed by atoms with van der Waals surface area (Å²) in [5, 5.41) is 0. The van der Waals surface area contributed by atoms with Gasteiger partial charge in [-0.2, -0.15) is 0 Å². The highest BCUT2D eigenvalue weighted by Gasteiger charge is 2.31. The van der Waals surface area contributed by atoms with Gasteiger partial charge in [0.25, 0.3) is 11.7 Å². The quantitative estimate of drug-likeness (QED) is 0.590. The van der Waals surface area contributed by atoms with Crippen molar-refractivity contribution in [2.24, 2.45) is 7.05 Å². The zero-order valence-electron chi connectivity index (χ0n) is 10.8. The fraction of sp³-hybridized carbons (Fsp3) is 0.538. The first kappa shape index (κ1) is 12.8. The number of ether oxygens (including phenoxy) is 1. The minimum Gasteiger partial charge on any atom is -0.377 e. The van der Waals surface area contributed by atoms with Crippen molar-refractivity contribution >= 4 is 11.7 Å². The van der Waals surface area contributed by atoms with E-state index in [1.807, 2.05) is 6.92 Å². The highest BCUT2D eigenvalue weighted by Crippen LogP contribution is 2.13. The second-order valence-corrected chi connectivity index (χ2v) is 4.47. The zero-order chi connectivity index (χ0) is 13.1. The Morgan fingerprint density at radius 3 is 2.89 bits per heavy atom. The van der Waals surface area contributed by atoms with Crippen LogP contribution >= 0.6 is 0 Å². The third-order valence-electron chi connectivity index (χ3n) is 3.33. The van der Waals surface area contributed by atoms with Crippen molar-refractivity contribution in [3.8, 4) is 0 Å². The second-order valence-electron chi connectivity index (χ2n) is 4.47. The second kappa shape index (κ2) is 5.35. The normalized spacial score (nSPS) is 19.9. The molecule has 5 heteroatoms. The third-order valence-corrected chi connectivity index (χ3v) is 3.33. The molecule has 0 bridgehead atoms. The standard InChI is InChI=1S/C13H18N2O3/c1-3-10-9-18-8-7-15(10)13(17)12(16)11-5-4-6-14(11)2/h4-6,10H,3,7-9H2,1-2H3/t10-/m0/s1. The van der Waals surface area contributed by atoms with Gasteiger partial charge >= 0.3 is 0 Å². The van der Waals surface area contributed by atoms with E-state index in [-0.39, 0.29) is 6.04 Å². The summed E-state index contributed by atoms with van der Waals surface area (Å²) in [4.78, 5) is 26.0. The Labute approximate surface area is 106 Å². The van der Waals surface area contributed by atoms with Gasteiger partial charge in [-0.3, -0.25) is 9.59 Å². The highest BCUT2D eigenvalue weighted by atomic mass is 16.5. The number of aryl methyl sites for hydroxylation is 1. The molecule has 0 unspecified atom stereocenters. The molecule has 1 fully saturated rings. The maximum atomic E-state index is 12.2. The van der Waals surface area contributed by atoms with Crippen LogP contribution in [0.2, 0.25) is 0 Å². The molecular formula is C13H18N2O3. The molecule has 0 saturated carbocycles. The van der Waals surface area contributed by atoms with Gasteiger partial charge in [0.2, 0.25) is 0 Å². The van der Waals surface area contributed by atoms with Crippen molar-refractivity contribution in [2.75, 3.05) is 19.8 Å². The fourth-order valence-corrected chi connectivity index (χ4v) is 2.20. The molecule has 5 nitrogen and oxygen atoms in total. The molecule has 1 aromatic rings. The summed E-state index contributed by atoms with van der Waals surface area (Å²) in [7, 11) is 1.76. The number of rotatable bonds is 3. The van der Waals surface area contributed by atoms with E-state index in [2.05, 4.69) is 0 Å². The Hall–Kier alpha value is -1.62. The predicted molar refractivity (Wildman–Crippen MR) is 66.4 cm³/mol. The van der Waals surface area contributed by atoms with Crippen molar-refractivity contribution < 1.29 is 14.3 Å². The number of hydrogen-bond donors (Lipinski definition) is 0. The molecule has 1 atom stereocenters. The van der Waals surface area contributed by atoms with Crippen LogP contribution in [0.3, 0.4) is 0 Å². The summed E-state index contributed by atoms with van der Waals surface area (Å²) in [6.45, 7) is 3.51. The number of carbonyl (C=O) groups excluding carboxylic acids is 2. The Balaban J connectivity index is 2.15. The first-order valence-corrected chi connectivity index (χ1v) is 6.19. The molecule has 1 saturated heterocycles. The monoisotopic (exact) mass is 250 g/mol. The third kappa shape index (κ3) is 2.31. The molecule has 18 heavy (non-hydrogen) atoms. The van der Waals surface area contributed by atoms with E-state index in [0.717, 1.165) is 6.42 Å². The van der Waals surface area contributed by atoms with E-state index in [4.69, 9.17) is 4.74 Å². The number of nitrogens with zero attached hydrogens (tertiary/aromatic N) is 2. The molecule has 0 radical (unpaired) electrons. The lowest BCUT2D eigenvalue weighted by atomic mass is 10.1. The summed E-state index contributed by atoms with van der Waals surface area (Å²) in [6, 6.07) is 3.44. The number of carbonyl (C=O) groups is 2. The van der Waals surface area contributed by atoms with E-state index in [0.29, 0.717) is 25.5 Å². The average molecular weight is 250 g/mol. The summed E-state index contributed by atoms with van der Waals surface area (Å²) in [6.07, 6.45) is 2.56. The van der Waals surface area contributed by atoms with Crippen LogP contribution in [0.5, 0.6) is 0 Å². The van der Waals surface area contributed by atoms with Crippen molar-refractivity contribution in [3.05, 3.63) is 24.0 Å². The molecule has 0 aromatic carbocycles. The van der Waals surface area contributed by atoms with Crippen LogP contribution in [0.15, 0.2) is 18.3 Å². The van der Waals surface area contributed by atoms with Crippen molar-refractivity contribution in [1.29, 1.82) is 0 Å². The molecule has 1 aromatic heterocycles. The summed E-state index contributed by atoms with van der Waals surface area (Å²) >= 11 is 0. The largest absolute Gasteiger partial charge is 0.377 e. The van der Waals surface area contributed by atoms with Crippen LogP contribution in [-0.4, -0.2) is 47.0 Å². The number of hydrogen-bond acceptors (Lipinski definition) is 3. The number of Topliss-reactive ketones (excluding diaryl/α,β-unsaturated/α-hetero) is 1. The van der Waals surface area contributed by atoms with E-state index in [1.165, 1.54) is 0 Å². The van der Waals surface area contributed by atoms with E-state index in [1.54, 1.807) is 34.8 Å². The summed E-state index contributed by atoms with van der Waals surface area (Å²) < 4.78 is 7.01. The minimum absolute atomic E-state index is 0.00969. The highest BCUT2D eigenvalue weighted by molar-refractivity contribution is 6.42. The van der Waals surface area contributed by atoms with Crippen LogP contribution in [0.1, 0.15) is 23.8 Å². The van der Waals surface area contributed by atoms with Gasteiger partial charge in [0.1, 0.15) is 0 Å². The topological polar surface area (TPSA) is 51.5 Å². The minimum atomic E-state index is -0.442. The lowest BCUT2D eigenvalue weighted by molar-refractivity contribution is -0.134. The Kier molecular flexibility index (Phi) is 3.81. The maximum absolute atomic E-state index is 12.2. The molecule has 98 valence electrons. The van der Waals surface area contributed by atoms with Crippen LogP contribution in [0.25, 0.3) is 0 Å². The fourth-order valence-electron chi connectivity index (χ4n) is 2.20. The van der Waals surface area contributed by atoms with Gasteiger partial charge in [-0.25, -0.2) is 0 Å². The number of morpholine rings is 1. The Morgan fingerprint density at radius 1 is 1.50 bits per heavy atom. The summed E-state index contributed by atoms with van der Waals surface area (Å²) in [5.41, 5.74) is 0.432. The molecular weight excluding hydrogens is 232 g/mol. The van der Waals surface area contributed by atoms with Crippen molar-refractivity contribution in [1.82, 2.24) is 9.47 Å². The number of amides is 1. The lowest BCUT2D eigenvalue weighted by Crippen LogP contribution is -2.50. The van der Waals surface area contributed by atoms with Gasteiger partial charge in [0.05, 0.1) is 24.9 Å². The smallest absolute Gasteiger partial charge is 0.296 e. The van der Waals surface area contributed by atoms with Crippen molar-refractivity contribution in [3.63, 3.8) is 0 Å². The van der Waals surface area contributed by atoms with E-state index >= 15 is 0 Å². The lowest BCUT2D eigenvalue weighted by Gasteiger charge is -2.34. The van der Waals surface area contributed by atoms with E-state index < -0.39 is 11.7 Å². The molecule has 0 spiro atoms.